The molecule has 1 rings (SSSR count). The van der Waals surface area contributed by atoms with Gasteiger partial charge in [-0.15, -0.1) is 0 Å². The van der Waals surface area contributed by atoms with Crippen molar-refractivity contribution in [2.24, 2.45) is 4.76 Å². The van der Waals surface area contributed by atoms with E-state index in [0.717, 1.165) is 11.3 Å². The first-order valence-electron chi connectivity index (χ1n) is 5.72. The van der Waals surface area contributed by atoms with Gasteiger partial charge in [0.15, 0.2) is 0 Å². The third kappa shape index (κ3) is 4.61. The second-order valence-corrected chi connectivity index (χ2v) is 5.01. The summed E-state index contributed by atoms with van der Waals surface area (Å²) in [5.74, 6) is 0.755. The van der Waals surface area contributed by atoms with Crippen LogP contribution in [0.15, 0.2) is 29.0 Å². The van der Waals surface area contributed by atoms with E-state index in [0.29, 0.717) is 0 Å². The van der Waals surface area contributed by atoms with Crippen molar-refractivity contribution in [3.05, 3.63) is 29.8 Å². The van der Waals surface area contributed by atoms with Crippen LogP contribution < -0.4 is 4.74 Å². The number of nitrogens with zero attached hydrogens (tertiary/aromatic N) is 1. The van der Waals surface area contributed by atoms with E-state index in [-0.39, 0.29) is 13.2 Å². The lowest BCUT2D eigenvalue weighted by Crippen LogP contribution is -1.94. The molecule has 0 fully saturated rings. The predicted molar refractivity (Wildman–Crippen MR) is 71.4 cm³/mol. The molecule has 0 saturated carbocycles. The molecule has 100 valence electrons. The normalized spacial score (nSPS) is 11.9. The lowest BCUT2D eigenvalue weighted by molar-refractivity contribution is 0.221. The number of benzene rings is 1. The topological polar surface area (TPSA) is 57.1 Å². The van der Waals surface area contributed by atoms with E-state index in [1.54, 1.807) is 33.1 Å². The van der Waals surface area contributed by atoms with Gasteiger partial charge in [0.1, 0.15) is 5.75 Å². The minimum absolute atomic E-state index is 0.289. The first-order chi connectivity index (χ1) is 8.63. The quantitative estimate of drug-likeness (QED) is 0.564. The van der Waals surface area contributed by atoms with Crippen LogP contribution in [0.4, 0.5) is 0 Å². The van der Waals surface area contributed by atoms with Crippen LogP contribution in [0.3, 0.4) is 0 Å². The molecule has 1 aromatic rings. The van der Waals surface area contributed by atoms with Gasteiger partial charge in [0.25, 0.3) is 0 Å². The second kappa shape index (κ2) is 7.31. The maximum Gasteiger partial charge on any atom is 0.453 e. The van der Waals surface area contributed by atoms with Crippen molar-refractivity contribution in [2.75, 3.05) is 20.3 Å². The van der Waals surface area contributed by atoms with Crippen LogP contribution in [0.2, 0.25) is 0 Å². The number of hydrogen-bond donors (Lipinski definition) is 0. The van der Waals surface area contributed by atoms with Gasteiger partial charge in [0, 0.05) is 6.21 Å². The lowest BCUT2D eigenvalue weighted by atomic mass is 10.2. The molecule has 0 aliphatic carbocycles. The van der Waals surface area contributed by atoms with Crippen molar-refractivity contribution in [3.63, 3.8) is 0 Å². The van der Waals surface area contributed by atoms with E-state index >= 15 is 0 Å². The number of rotatable bonds is 7. The third-order valence-electron chi connectivity index (χ3n) is 2.05. The van der Waals surface area contributed by atoms with Crippen LogP contribution >= 0.6 is 7.75 Å². The van der Waals surface area contributed by atoms with Gasteiger partial charge in [0.05, 0.1) is 20.3 Å². The summed E-state index contributed by atoms with van der Waals surface area (Å²) in [7, 11) is -1.77. The molecule has 0 unspecified atom stereocenters. The Morgan fingerprint density at radius 2 is 1.72 bits per heavy atom. The van der Waals surface area contributed by atoms with Gasteiger partial charge in [-0.3, -0.25) is 9.05 Å². The zero-order valence-corrected chi connectivity index (χ0v) is 11.7. The Morgan fingerprint density at radius 3 is 2.17 bits per heavy atom. The molecule has 0 aromatic heterocycles. The highest BCUT2D eigenvalue weighted by Gasteiger charge is 2.21. The lowest BCUT2D eigenvalue weighted by Gasteiger charge is -2.10. The fraction of sp³-hybridized carbons (Fsp3) is 0.417. The molecule has 0 amide bonds. The van der Waals surface area contributed by atoms with Gasteiger partial charge >= 0.3 is 7.75 Å². The fourth-order valence-electron chi connectivity index (χ4n) is 1.26. The van der Waals surface area contributed by atoms with Crippen molar-refractivity contribution in [1.29, 1.82) is 0 Å². The predicted octanol–water partition coefficient (Wildman–Crippen LogP) is 3.30. The summed E-state index contributed by atoms with van der Waals surface area (Å²) in [6.45, 7) is 4.07. The average molecular weight is 271 g/mol. The molecule has 0 spiro atoms. The zero-order chi connectivity index (χ0) is 13.4. The minimum Gasteiger partial charge on any atom is -0.497 e. The summed E-state index contributed by atoms with van der Waals surface area (Å²) in [5, 5.41) is 0. The molecule has 0 N–H and O–H groups in total. The van der Waals surface area contributed by atoms with E-state index in [4.69, 9.17) is 13.8 Å². The van der Waals surface area contributed by atoms with E-state index in [1.165, 1.54) is 6.21 Å². The van der Waals surface area contributed by atoms with E-state index in [2.05, 4.69) is 4.76 Å². The summed E-state index contributed by atoms with van der Waals surface area (Å²) in [5.41, 5.74) is 0.801. The first kappa shape index (κ1) is 14.9. The van der Waals surface area contributed by atoms with Crippen molar-refractivity contribution in [1.82, 2.24) is 0 Å². The smallest absolute Gasteiger partial charge is 0.453 e. The van der Waals surface area contributed by atoms with Crippen molar-refractivity contribution >= 4 is 14.0 Å². The number of ether oxygens (including phenoxy) is 1. The van der Waals surface area contributed by atoms with Crippen LogP contribution in [-0.2, 0) is 13.6 Å². The van der Waals surface area contributed by atoms with Crippen LogP contribution in [0.5, 0.6) is 5.75 Å². The van der Waals surface area contributed by atoms with Gasteiger partial charge in [-0.1, -0.05) is 0 Å². The SMILES string of the molecule is CCOP(=O)(N=Cc1ccc(OC)cc1)OCC. The molecule has 0 aliphatic heterocycles. The monoisotopic (exact) mass is 271 g/mol. The Bertz CT molecular complexity index is 420. The largest absolute Gasteiger partial charge is 0.497 e. The summed E-state index contributed by atoms with van der Waals surface area (Å²) >= 11 is 0. The molecule has 0 saturated heterocycles. The molecule has 0 aliphatic rings. The Morgan fingerprint density at radius 1 is 1.17 bits per heavy atom. The summed E-state index contributed by atoms with van der Waals surface area (Å²) < 4.78 is 31.1. The van der Waals surface area contributed by atoms with Crippen LogP contribution in [-0.4, -0.2) is 26.5 Å². The standard InChI is InChI=1S/C12H18NO4P/c1-4-16-18(14,17-5-2)13-10-11-6-8-12(15-3)9-7-11/h6-10H,4-5H2,1-3H3. The number of hydrogen-bond acceptors (Lipinski definition) is 4. The highest BCUT2D eigenvalue weighted by Crippen LogP contribution is 2.49. The Balaban J connectivity index is 2.78. The molecule has 5 nitrogen and oxygen atoms in total. The van der Waals surface area contributed by atoms with Gasteiger partial charge in [0.2, 0.25) is 0 Å². The highest BCUT2D eigenvalue weighted by atomic mass is 31.2. The fourth-order valence-corrected chi connectivity index (χ4v) is 2.39. The molecule has 0 heterocycles. The Labute approximate surface area is 107 Å². The van der Waals surface area contributed by atoms with E-state index in [9.17, 15) is 4.57 Å². The molecular formula is C12H18NO4P. The molecule has 18 heavy (non-hydrogen) atoms. The van der Waals surface area contributed by atoms with Crippen LogP contribution in [0, 0.1) is 0 Å². The number of methoxy groups -OCH3 is 1. The van der Waals surface area contributed by atoms with E-state index < -0.39 is 7.75 Å². The molecule has 0 radical (unpaired) electrons. The van der Waals surface area contributed by atoms with Gasteiger partial charge in [-0.05, 0) is 43.7 Å². The molecule has 1 aromatic carbocycles. The molecule has 6 heteroatoms. The highest BCUT2D eigenvalue weighted by molar-refractivity contribution is 7.52. The maximum atomic E-state index is 12.0. The minimum atomic E-state index is -3.37. The van der Waals surface area contributed by atoms with Crippen molar-refractivity contribution in [2.45, 2.75) is 13.8 Å². The van der Waals surface area contributed by atoms with Crippen molar-refractivity contribution in [3.8, 4) is 5.75 Å². The first-order valence-corrected chi connectivity index (χ1v) is 7.22. The molecular weight excluding hydrogens is 253 g/mol. The zero-order valence-electron chi connectivity index (χ0n) is 10.8. The summed E-state index contributed by atoms with van der Waals surface area (Å²) in [4.78, 5) is 0. The Hall–Kier alpha value is -1.16. The average Bonchev–Trinajstić information content (AvgIpc) is 2.38. The molecule has 0 bridgehead atoms. The maximum absolute atomic E-state index is 12.0. The summed E-state index contributed by atoms with van der Waals surface area (Å²) in [6.07, 6.45) is 1.48. The van der Waals surface area contributed by atoms with Gasteiger partial charge in [-0.25, -0.2) is 4.57 Å². The Kier molecular flexibility index (Phi) is 6.05. The van der Waals surface area contributed by atoms with Gasteiger partial charge in [-0.2, -0.15) is 4.76 Å². The second-order valence-electron chi connectivity index (χ2n) is 3.32. The van der Waals surface area contributed by atoms with Crippen molar-refractivity contribution < 1.29 is 18.3 Å². The van der Waals surface area contributed by atoms with Gasteiger partial charge < -0.3 is 4.74 Å². The summed E-state index contributed by atoms with van der Waals surface area (Å²) in [6, 6.07) is 7.22. The molecule has 0 atom stereocenters. The van der Waals surface area contributed by atoms with Crippen LogP contribution in [0.1, 0.15) is 19.4 Å². The van der Waals surface area contributed by atoms with Crippen LogP contribution in [0.25, 0.3) is 0 Å². The van der Waals surface area contributed by atoms with E-state index in [1.807, 2.05) is 12.1 Å². The third-order valence-corrected chi connectivity index (χ3v) is 3.62.